The third-order valence-electron chi connectivity index (χ3n) is 7.15. The van der Waals surface area contributed by atoms with Gasteiger partial charge in [-0.05, 0) is 53.8 Å². The number of imidazole rings is 1. The molecular formula is C29H27BrN4O4. The first kappa shape index (κ1) is 25.7. The monoisotopic (exact) mass is 574 g/mol. The number of aliphatic carboxylic acids is 1. The molecule has 3 amide bonds. The Bertz CT molecular complexity index is 1510. The summed E-state index contributed by atoms with van der Waals surface area (Å²) >= 11 is 3.45. The number of hydrogen-bond donors (Lipinski definition) is 1. The normalized spacial score (nSPS) is 17.5. The van der Waals surface area contributed by atoms with E-state index in [0.29, 0.717) is 24.9 Å². The molecule has 1 aromatic heterocycles. The molecule has 0 bridgehead atoms. The van der Waals surface area contributed by atoms with Gasteiger partial charge in [0, 0.05) is 29.5 Å². The summed E-state index contributed by atoms with van der Waals surface area (Å²) in [5, 5.41) is 11.3. The van der Waals surface area contributed by atoms with Crippen molar-refractivity contribution in [3.63, 3.8) is 0 Å². The van der Waals surface area contributed by atoms with Gasteiger partial charge in [0.25, 0.3) is 5.91 Å². The molecule has 8 nitrogen and oxygen atoms in total. The third-order valence-corrected chi connectivity index (χ3v) is 7.68. The standard InChI is InChI=1S/C29H27BrN4O4/c1-29(25-10-4-7-21-6-2-3-9-24(21)25)27(37)33(28(38)34(29)18-26(35)36)15-5-8-23-16-31-19-32(23)17-20-11-13-22(30)14-12-20/h2-4,6-7,9-14,16,19H,5,8,15,17-18H2,1H3,(H,35,36). The van der Waals surface area contributed by atoms with Crippen molar-refractivity contribution in [2.24, 2.45) is 0 Å². The van der Waals surface area contributed by atoms with Gasteiger partial charge in [-0.1, -0.05) is 70.5 Å². The van der Waals surface area contributed by atoms with Crippen LogP contribution < -0.4 is 0 Å². The number of carbonyl (C=O) groups excluding carboxylic acids is 2. The fourth-order valence-corrected chi connectivity index (χ4v) is 5.44. The van der Waals surface area contributed by atoms with Crippen molar-refractivity contribution in [1.29, 1.82) is 0 Å². The minimum Gasteiger partial charge on any atom is -0.480 e. The zero-order valence-electron chi connectivity index (χ0n) is 20.9. The molecule has 0 saturated carbocycles. The van der Waals surface area contributed by atoms with E-state index in [1.165, 1.54) is 9.80 Å². The Hall–Kier alpha value is -3.98. The number of halogens is 1. The highest BCUT2D eigenvalue weighted by Gasteiger charge is 2.56. The average molecular weight is 575 g/mol. The predicted octanol–water partition coefficient (Wildman–Crippen LogP) is 5.04. The van der Waals surface area contributed by atoms with E-state index >= 15 is 0 Å². The summed E-state index contributed by atoms with van der Waals surface area (Å²) in [5.41, 5.74) is 1.31. The number of amides is 3. The summed E-state index contributed by atoms with van der Waals surface area (Å²) in [6.45, 7) is 1.92. The molecule has 1 N–H and O–H groups in total. The first-order valence-corrected chi connectivity index (χ1v) is 13.2. The highest BCUT2D eigenvalue weighted by Crippen LogP contribution is 2.40. The second-order valence-electron chi connectivity index (χ2n) is 9.56. The molecule has 1 atom stereocenters. The van der Waals surface area contributed by atoms with Gasteiger partial charge in [0.1, 0.15) is 12.1 Å². The van der Waals surface area contributed by atoms with Gasteiger partial charge in [-0.2, -0.15) is 0 Å². The van der Waals surface area contributed by atoms with Crippen molar-refractivity contribution in [3.8, 4) is 0 Å². The van der Waals surface area contributed by atoms with Crippen LogP contribution >= 0.6 is 15.9 Å². The zero-order valence-corrected chi connectivity index (χ0v) is 22.5. The molecule has 9 heteroatoms. The third kappa shape index (κ3) is 4.69. The van der Waals surface area contributed by atoms with Crippen LogP contribution in [-0.2, 0) is 28.1 Å². The summed E-state index contributed by atoms with van der Waals surface area (Å²) in [6, 6.07) is 20.6. The van der Waals surface area contributed by atoms with E-state index in [-0.39, 0.29) is 6.54 Å². The van der Waals surface area contributed by atoms with Crippen LogP contribution in [0, 0.1) is 0 Å². The van der Waals surface area contributed by atoms with Crippen molar-refractivity contribution < 1.29 is 19.5 Å². The number of benzene rings is 3. The topological polar surface area (TPSA) is 95.7 Å². The number of aryl methyl sites for hydroxylation is 1. The minimum atomic E-state index is -1.43. The quantitative estimate of drug-likeness (QED) is 0.282. The summed E-state index contributed by atoms with van der Waals surface area (Å²) in [7, 11) is 0. The molecule has 0 radical (unpaired) electrons. The zero-order chi connectivity index (χ0) is 26.9. The molecule has 4 aromatic rings. The van der Waals surface area contributed by atoms with Crippen molar-refractivity contribution in [3.05, 3.63) is 101 Å². The maximum Gasteiger partial charge on any atom is 0.328 e. The maximum atomic E-state index is 13.9. The molecule has 1 aliphatic rings. The molecule has 2 heterocycles. The Kier molecular flexibility index (Phi) is 7.03. The lowest BCUT2D eigenvalue weighted by atomic mass is 9.86. The number of rotatable bonds is 9. The fraction of sp³-hybridized carbons (Fsp3) is 0.241. The summed E-state index contributed by atoms with van der Waals surface area (Å²) in [4.78, 5) is 45.7. The smallest absolute Gasteiger partial charge is 0.328 e. The van der Waals surface area contributed by atoms with E-state index in [1.54, 1.807) is 25.5 Å². The Morgan fingerprint density at radius 2 is 1.76 bits per heavy atom. The summed E-state index contributed by atoms with van der Waals surface area (Å²) < 4.78 is 3.06. The first-order valence-electron chi connectivity index (χ1n) is 12.4. The van der Waals surface area contributed by atoms with Gasteiger partial charge in [0.2, 0.25) is 0 Å². The van der Waals surface area contributed by atoms with Crippen LogP contribution in [0.2, 0.25) is 0 Å². The van der Waals surface area contributed by atoms with Crippen LogP contribution in [0.5, 0.6) is 0 Å². The number of aromatic nitrogens is 2. The number of urea groups is 1. The number of imide groups is 1. The predicted molar refractivity (Wildman–Crippen MR) is 147 cm³/mol. The van der Waals surface area contributed by atoms with Crippen molar-refractivity contribution in [2.75, 3.05) is 13.1 Å². The molecule has 1 aliphatic heterocycles. The van der Waals surface area contributed by atoms with Gasteiger partial charge in [-0.3, -0.25) is 19.4 Å². The van der Waals surface area contributed by atoms with Crippen LogP contribution in [0.25, 0.3) is 10.8 Å². The van der Waals surface area contributed by atoms with Gasteiger partial charge in [-0.25, -0.2) is 9.78 Å². The Balaban J connectivity index is 1.37. The van der Waals surface area contributed by atoms with E-state index in [2.05, 4.69) is 20.9 Å². The number of carboxylic acid groups (broad SMARTS) is 1. The van der Waals surface area contributed by atoms with E-state index in [1.807, 2.05) is 65.2 Å². The number of hydrogen-bond acceptors (Lipinski definition) is 4. The lowest BCUT2D eigenvalue weighted by molar-refractivity contribution is -0.139. The number of nitrogens with zero attached hydrogens (tertiary/aromatic N) is 4. The minimum absolute atomic E-state index is 0.178. The second kappa shape index (κ2) is 10.4. The molecule has 3 aromatic carbocycles. The maximum absolute atomic E-state index is 13.9. The molecule has 1 unspecified atom stereocenters. The molecule has 38 heavy (non-hydrogen) atoms. The number of fused-ring (bicyclic) bond motifs is 1. The van der Waals surface area contributed by atoms with Gasteiger partial charge in [0.15, 0.2) is 0 Å². The largest absolute Gasteiger partial charge is 0.480 e. The molecule has 1 fully saturated rings. The fourth-order valence-electron chi connectivity index (χ4n) is 5.17. The van der Waals surface area contributed by atoms with Crippen molar-refractivity contribution in [2.45, 2.75) is 31.8 Å². The van der Waals surface area contributed by atoms with E-state index in [9.17, 15) is 19.5 Å². The molecule has 0 aliphatic carbocycles. The van der Waals surface area contributed by atoms with E-state index in [0.717, 1.165) is 26.5 Å². The van der Waals surface area contributed by atoms with Gasteiger partial charge in [-0.15, -0.1) is 0 Å². The van der Waals surface area contributed by atoms with E-state index in [4.69, 9.17) is 0 Å². The lowest BCUT2D eigenvalue weighted by Crippen LogP contribution is -2.46. The Morgan fingerprint density at radius 1 is 1.03 bits per heavy atom. The SMILES string of the molecule is CC1(c2cccc3ccccc23)C(=O)N(CCCc2cncn2Cc2ccc(Br)cc2)C(=O)N1CC(=O)O. The molecule has 0 spiro atoms. The lowest BCUT2D eigenvalue weighted by Gasteiger charge is -2.32. The molecule has 1 saturated heterocycles. The van der Waals surface area contributed by atoms with Gasteiger partial charge in [0.05, 0.1) is 6.33 Å². The van der Waals surface area contributed by atoms with Crippen LogP contribution in [-0.4, -0.2) is 55.5 Å². The Labute approximate surface area is 228 Å². The average Bonchev–Trinajstić information content (AvgIpc) is 3.42. The van der Waals surface area contributed by atoms with Crippen molar-refractivity contribution >= 4 is 44.6 Å². The van der Waals surface area contributed by atoms with Crippen LogP contribution in [0.3, 0.4) is 0 Å². The Morgan fingerprint density at radius 3 is 2.53 bits per heavy atom. The van der Waals surface area contributed by atoms with Gasteiger partial charge >= 0.3 is 12.0 Å². The van der Waals surface area contributed by atoms with Crippen molar-refractivity contribution in [1.82, 2.24) is 19.4 Å². The van der Waals surface area contributed by atoms with Crippen LogP contribution in [0.4, 0.5) is 4.79 Å². The van der Waals surface area contributed by atoms with Crippen LogP contribution in [0.1, 0.15) is 30.2 Å². The number of carboxylic acids is 1. The summed E-state index contributed by atoms with van der Waals surface area (Å²) in [6.07, 6.45) is 4.70. The number of carbonyl (C=O) groups is 3. The molecule has 5 rings (SSSR count). The molecule has 194 valence electrons. The van der Waals surface area contributed by atoms with E-state index < -0.39 is 30.0 Å². The molecular weight excluding hydrogens is 548 g/mol. The second-order valence-corrected chi connectivity index (χ2v) is 10.5. The first-order chi connectivity index (χ1) is 18.3. The highest BCUT2D eigenvalue weighted by atomic mass is 79.9. The van der Waals surface area contributed by atoms with Gasteiger partial charge < -0.3 is 9.67 Å². The highest BCUT2D eigenvalue weighted by molar-refractivity contribution is 9.10. The van der Waals surface area contributed by atoms with Crippen LogP contribution in [0.15, 0.2) is 83.7 Å². The summed E-state index contributed by atoms with van der Waals surface area (Å²) in [5.74, 6) is -1.58.